The van der Waals surface area contributed by atoms with Crippen molar-refractivity contribution in [3.05, 3.63) is 47.7 Å². The van der Waals surface area contributed by atoms with E-state index in [1.165, 1.54) is 5.57 Å². The molecule has 0 amide bonds. The lowest BCUT2D eigenvalue weighted by atomic mass is 10.1. The first-order valence-electron chi connectivity index (χ1n) is 5.54. The van der Waals surface area contributed by atoms with E-state index in [0.29, 0.717) is 5.56 Å². The highest BCUT2D eigenvalue weighted by molar-refractivity contribution is 6.02. The van der Waals surface area contributed by atoms with Crippen LogP contribution in [0.4, 0.5) is 0 Å². The molecule has 0 aliphatic rings. The van der Waals surface area contributed by atoms with Gasteiger partial charge in [-0.1, -0.05) is 17.7 Å². The summed E-state index contributed by atoms with van der Waals surface area (Å²) in [5, 5.41) is 9.88. The largest absolute Gasteiger partial charge is 0.478 e. The van der Waals surface area contributed by atoms with Gasteiger partial charge in [-0.15, -0.1) is 0 Å². The van der Waals surface area contributed by atoms with Crippen LogP contribution in [0.1, 0.15) is 24.2 Å². The van der Waals surface area contributed by atoms with Crippen molar-refractivity contribution in [3.8, 4) is 0 Å². The number of aromatic nitrogens is 1. The number of aromatic carboxylic acids is 1. The van der Waals surface area contributed by atoms with Gasteiger partial charge in [-0.25, -0.2) is 4.79 Å². The topological polar surface area (TPSA) is 42.2 Å². The lowest BCUT2D eigenvalue weighted by molar-refractivity contribution is 0.0699. The van der Waals surface area contributed by atoms with Crippen LogP contribution in [0.15, 0.2) is 42.1 Å². The summed E-state index contributed by atoms with van der Waals surface area (Å²) in [6.07, 6.45) is 4.05. The molecule has 0 bridgehead atoms. The smallest absolute Gasteiger partial charge is 0.336 e. The second-order valence-electron chi connectivity index (χ2n) is 4.29. The molecule has 1 N–H and O–H groups in total. The van der Waals surface area contributed by atoms with Gasteiger partial charge in [-0.2, -0.15) is 0 Å². The lowest BCUT2D eigenvalue weighted by Gasteiger charge is -2.03. The van der Waals surface area contributed by atoms with Crippen LogP contribution >= 0.6 is 0 Å². The summed E-state index contributed by atoms with van der Waals surface area (Å²) in [6, 6.07) is 7.22. The van der Waals surface area contributed by atoms with E-state index in [4.69, 9.17) is 5.11 Å². The maximum absolute atomic E-state index is 11.1. The van der Waals surface area contributed by atoms with E-state index in [0.717, 1.165) is 17.4 Å². The number of hydrogen-bond acceptors (Lipinski definition) is 1. The van der Waals surface area contributed by atoms with Gasteiger partial charge in [0.1, 0.15) is 0 Å². The number of carbonyl (C=O) groups is 1. The quantitative estimate of drug-likeness (QED) is 0.820. The first kappa shape index (κ1) is 11.5. The zero-order valence-corrected chi connectivity index (χ0v) is 9.97. The van der Waals surface area contributed by atoms with Crippen molar-refractivity contribution in [1.82, 2.24) is 4.57 Å². The standard InChI is InChI=1S/C14H15NO2/c1-10(2)6-8-15-9-7-11-12(14(16)17)4-3-5-13(11)15/h3-7,9H,8H2,1-2H3,(H,16,17). The van der Waals surface area contributed by atoms with Crippen LogP contribution in [-0.2, 0) is 6.54 Å². The zero-order chi connectivity index (χ0) is 12.4. The molecular weight excluding hydrogens is 214 g/mol. The number of allylic oxidation sites excluding steroid dienone is 2. The predicted molar refractivity (Wildman–Crippen MR) is 68.3 cm³/mol. The third kappa shape index (κ3) is 2.23. The van der Waals surface area contributed by atoms with Crippen molar-refractivity contribution in [2.45, 2.75) is 20.4 Å². The van der Waals surface area contributed by atoms with Gasteiger partial charge in [0.2, 0.25) is 0 Å². The summed E-state index contributed by atoms with van der Waals surface area (Å²) < 4.78 is 2.05. The molecule has 0 aliphatic heterocycles. The van der Waals surface area contributed by atoms with Crippen LogP contribution in [0.3, 0.4) is 0 Å². The molecule has 0 saturated carbocycles. The van der Waals surface area contributed by atoms with E-state index in [9.17, 15) is 4.79 Å². The third-order valence-corrected chi connectivity index (χ3v) is 2.74. The van der Waals surface area contributed by atoms with Crippen molar-refractivity contribution in [2.75, 3.05) is 0 Å². The summed E-state index contributed by atoms with van der Waals surface area (Å²) in [5.41, 5.74) is 2.57. The second kappa shape index (κ2) is 4.45. The molecule has 3 heteroatoms. The van der Waals surface area contributed by atoms with Crippen molar-refractivity contribution in [3.63, 3.8) is 0 Å². The predicted octanol–water partition coefficient (Wildman–Crippen LogP) is 3.31. The van der Waals surface area contributed by atoms with E-state index in [-0.39, 0.29) is 0 Å². The first-order valence-corrected chi connectivity index (χ1v) is 5.54. The molecule has 1 heterocycles. The van der Waals surface area contributed by atoms with Gasteiger partial charge in [0.15, 0.2) is 0 Å². The molecule has 2 aromatic rings. The van der Waals surface area contributed by atoms with E-state index < -0.39 is 5.97 Å². The van der Waals surface area contributed by atoms with Crippen LogP contribution in [0.2, 0.25) is 0 Å². The molecule has 0 fully saturated rings. The monoisotopic (exact) mass is 229 g/mol. The Morgan fingerprint density at radius 3 is 2.76 bits per heavy atom. The Bertz CT molecular complexity index is 589. The number of fused-ring (bicyclic) bond motifs is 1. The lowest BCUT2D eigenvalue weighted by Crippen LogP contribution is -1.98. The molecule has 0 spiro atoms. The van der Waals surface area contributed by atoms with Crippen molar-refractivity contribution in [1.29, 1.82) is 0 Å². The molecule has 0 aliphatic carbocycles. The molecule has 0 radical (unpaired) electrons. The Morgan fingerprint density at radius 1 is 1.35 bits per heavy atom. The van der Waals surface area contributed by atoms with Crippen LogP contribution in [0.25, 0.3) is 10.9 Å². The zero-order valence-electron chi connectivity index (χ0n) is 9.97. The molecule has 1 aromatic carbocycles. The third-order valence-electron chi connectivity index (χ3n) is 2.74. The van der Waals surface area contributed by atoms with Gasteiger partial charge in [-0.3, -0.25) is 0 Å². The van der Waals surface area contributed by atoms with Crippen molar-refractivity contribution >= 4 is 16.9 Å². The number of rotatable bonds is 3. The van der Waals surface area contributed by atoms with E-state index >= 15 is 0 Å². The van der Waals surface area contributed by atoms with Gasteiger partial charge in [0, 0.05) is 23.6 Å². The average Bonchev–Trinajstić information content (AvgIpc) is 2.68. The Kier molecular flexibility index (Phi) is 3.00. The minimum Gasteiger partial charge on any atom is -0.478 e. The Balaban J connectivity index is 2.51. The molecular formula is C14H15NO2. The number of benzene rings is 1. The van der Waals surface area contributed by atoms with Crippen LogP contribution in [-0.4, -0.2) is 15.6 Å². The molecule has 0 saturated heterocycles. The number of carboxylic acids is 1. The Morgan fingerprint density at radius 2 is 2.12 bits per heavy atom. The van der Waals surface area contributed by atoms with Gasteiger partial charge in [0.05, 0.1) is 5.56 Å². The molecule has 3 nitrogen and oxygen atoms in total. The highest BCUT2D eigenvalue weighted by atomic mass is 16.4. The fourth-order valence-electron chi connectivity index (χ4n) is 1.85. The Labute approximate surface area is 100.0 Å². The SMILES string of the molecule is CC(C)=CCn1ccc2c(C(=O)O)cccc21. The van der Waals surface area contributed by atoms with Gasteiger partial charge in [0.25, 0.3) is 0 Å². The molecule has 88 valence electrons. The summed E-state index contributed by atoms with van der Waals surface area (Å²) >= 11 is 0. The molecule has 1 aromatic heterocycles. The van der Waals surface area contributed by atoms with E-state index in [2.05, 4.69) is 10.6 Å². The van der Waals surface area contributed by atoms with Crippen molar-refractivity contribution in [2.24, 2.45) is 0 Å². The summed E-state index contributed by atoms with van der Waals surface area (Å²) in [4.78, 5) is 11.1. The van der Waals surface area contributed by atoms with Gasteiger partial charge in [-0.05, 0) is 32.0 Å². The molecule has 2 rings (SSSR count). The van der Waals surface area contributed by atoms with Crippen molar-refractivity contribution < 1.29 is 9.90 Å². The number of carboxylic acid groups (broad SMARTS) is 1. The molecule has 0 atom stereocenters. The minimum absolute atomic E-state index is 0.360. The van der Waals surface area contributed by atoms with Crippen LogP contribution in [0.5, 0.6) is 0 Å². The maximum atomic E-state index is 11.1. The fraction of sp³-hybridized carbons (Fsp3) is 0.214. The van der Waals surface area contributed by atoms with E-state index in [1.54, 1.807) is 12.1 Å². The normalized spacial score (nSPS) is 10.5. The average molecular weight is 229 g/mol. The van der Waals surface area contributed by atoms with Gasteiger partial charge >= 0.3 is 5.97 Å². The second-order valence-corrected chi connectivity index (χ2v) is 4.29. The number of nitrogens with zero attached hydrogens (tertiary/aromatic N) is 1. The Hall–Kier alpha value is -2.03. The highest BCUT2D eigenvalue weighted by Crippen LogP contribution is 2.20. The fourth-order valence-corrected chi connectivity index (χ4v) is 1.85. The minimum atomic E-state index is -0.879. The molecule has 0 unspecified atom stereocenters. The summed E-state index contributed by atoms with van der Waals surface area (Å²) in [6.45, 7) is 4.87. The van der Waals surface area contributed by atoms with Crippen LogP contribution < -0.4 is 0 Å². The highest BCUT2D eigenvalue weighted by Gasteiger charge is 2.09. The summed E-state index contributed by atoms with van der Waals surface area (Å²) in [7, 11) is 0. The van der Waals surface area contributed by atoms with E-state index in [1.807, 2.05) is 32.2 Å². The van der Waals surface area contributed by atoms with Crippen LogP contribution in [0, 0.1) is 0 Å². The molecule has 17 heavy (non-hydrogen) atoms. The first-order chi connectivity index (χ1) is 8.09. The summed E-state index contributed by atoms with van der Waals surface area (Å²) in [5.74, 6) is -0.879. The maximum Gasteiger partial charge on any atom is 0.336 e. The van der Waals surface area contributed by atoms with Gasteiger partial charge < -0.3 is 9.67 Å². The number of hydrogen-bond donors (Lipinski definition) is 1.